The van der Waals surface area contributed by atoms with Crippen LogP contribution in [-0.2, 0) is 30.7 Å². The number of hydrogen-bond donors (Lipinski definition) is 1. The first-order valence-electron chi connectivity index (χ1n) is 10.8. The molecule has 172 valence electrons. The van der Waals surface area contributed by atoms with Gasteiger partial charge in [-0.05, 0) is 59.7 Å². The summed E-state index contributed by atoms with van der Waals surface area (Å²) in [5, 5.41) is 6.73. The normalized spacial score (nSPS) is 12.8. The number of amides is 2. The van der Waals surface area contributed by atoms with Crippen molar-refractivity contribution in [3.63, 3.8) is 0 Å². The van der Waals surface area contributed by atoms with Crippen LogP contribution in [0.15, 0.2) is 41.2 Å². The highest BCUT2D eigenvalue weighted by atomic mass is 32.1. The Morgan fingerprint density at radius 1 is 1.21 bits per heavy atom. The van der Waals surface area contributed by atoms with Crippen molar-refractivity contribution < 1.29 is 19.1 Å². The molecule has 1 aliphatic rings. The predicted octanol–water partition coefficient (Wildman–Crippen LogP) is 3.53. The zero-order valence-corrected chi connectivity index (χ0v) is 19.8. The molecule has 1 aliphatic heterocycles. The number of nitrogens with one attached hydrogen (secondary N) is 1. The fourth-order valence-electron chi connectivity index (χ4n) is 4.13. The topological polar surface area (TPSA) is 80.8 Å². The number of aromatic nitrogens is 1. The first-order chi connectivity index (χ1) is 16.0. The third-order valence-corrected chi connectivity index (χ3v) is 6.67. The minimum absolute atomic E-state index is 0.0279. The van der Waals surface area contributed by atoms with Crippen molar-refractivity contribution in [3.05, 3.63) is 74.7 Å². The van der Waals surface area contributed by atoms with Crippen LogP contribution in [0.5, 0.6) is 11.5 Å². The van der Waals surface area contributed by atoms with Crippen molar-refractivity contribution >= 4 is 23.2 Å². The summed E-state index contributed by atoms with van der Waals surface area (Å²) in [4.78, 5) is 31.9. The lowest BCUT2D eigenvalue weighted by atomic mass is 9.94. The quantitative estimate of drug-likeness (QED) is 0.577. The van der Waals surface area contributed by atoms with Crippen LogP contribution in [0.1, 0.15) is 38.3 Å². The van der Waals surface area contributed by atoms with Gasteiger partial charge in [0.1, 0.15) is 11.5 Å². The second kappa shape index (κ2) is 10.0. The fourth-order valence-corrected chi connectivity index (χ4v) is 4.76. The molecule has 3 aromatic rings. The Morgan fingerprint density at radius 3 is 2.79 bits per heavy atom. The molecule has 0 bridgehead atoms. The molecule has 0 radical (unpaired) electrons. The number of benzene rings is 1. The summed E-state index contributed by atoms with van der Waals surface area (Å²) in [5.74, 6) is 1.30. The Kier molecular flexibility index (Phi) is 6.93. The van der Waals surface area contributed by atoms with Gasteiger partial charge < -0.3 is 19.7 Å². The van der Waals surface area contributed by atoms with E-state index in [1.165, 1.54) is 16.9 Å². The van der Waals surface area contributed by atoms with Crippen molar-refractivity contribution in [2.75, 3.05) is 20.8 Å². The molecule has 3 heterocycles. The zero-order chi connectivity index (χ0) is 23.4. The number of carbonyl (C=O) groups is 2. The van der Waals surface area contributed by atoms with E-state index >= 15 is 0 Å². The standard InChI is InChI=1S/C25H27N3O4S/c1-16-22(13-27-25(30)17-7-9-33-15-17)21-6-8-28(14-19(21)12-26-16)24(29)11-18-10-20(31-2)4-5-23(18)32-3/h4-5,7,9-10,12,15H,6,8,11,13-14H2,1-3H3,(H,27,30). The maximum atomic E-state index is 13.1. The SMILES string of the molecule is COc1ccc(OC)c(CC(=O)N2CCc3c(cnc(C)c3CNC(=O)c3ccsc3)C2)c1. The molecule has 8 heteroatoms. The lowest BCUT2D eigenvalue weighted by Crippen LogP contribution is -2.38. The number of nitrogens with zero attached hydrogens (tertiary/aromatic N) is 2. The molecule has 1 N–H and O–H groups in total. The second-order valence-corrected chi connectivity index (χ2v) is 8.72. The molecule has 0 saturated heterocycles. The number of fused-ring (bicyclic) bond motifs is 1. The van der Waals surface area contributed by atoms with Crippen molar-refractivity contribution in [2.24, 2.45) is 0 Å². The molecule has 33 heavy (non-hydrogen) atoms. The Labute approximate surface area is 197 Å². The summed E-state index contributed by atoms with van der Waals surface area (Å²) < 4.78 is 10.7. The number of ether oxygens (including phenoxy) is 2. The van der Waals surface area contributed by atoms with Crippen LogP contribution in [0.3, 0.4) is 0 Å². The fraction of sp³-hybridized carbons (Fsp3) is 0.320. The number of rotatable bonds is 7. The molecular weight excluding hydrogens is 438 g/mol. The van der Waals surface area contributed by atoms with Gasteiger partial charge in [-0.3, -0.25) is 14.6 Å². The first-order valence-corrected chi connectivity index (χ1v) is 11.7. The van der Waals surface area contributed by atoms with Gasteiger partial charge in [0.15, 0.2) is 0 Å². The number of pyridine rings is 1. The third-order valence-electron chi connectivity index (χ3n) is 5.99. The minimum Gasteiger partial charge on any atom is -0.497 e. The van der Waals surface area contributed by atoms with E-state index in [1.54, 1.807) is 14.2 Å². The number of hydrogen-bond acceptors (Lipinski definition) is 6. The first kappa shape index (κ1) is 22.8. The zero-order valence-electron chi connectivity index (χ0n) is 19.0. The van der Waals surface area contributed by atoms with E-state index < -0.39 is 0 Å². The summed E-state index contributed by atoms with van der Waals surface area (Å²) in [6.45, 7) is 3.50. The summed E-state index contributed by atoms with van der Waals surface area (Å²) >= 11 is 1.50. The maximum Gasteiger partial charge on any atom is 0.252 e. The number of methoxy groups -OCH3 is 2. The highest BCUT2D eigenvalue weighted by Crippen LogP contribution is 2.27. The molecule has 0 unspecified atom stereocenters. The number of thiophene rings is 1. The highest BCUT2D eigenvalue weighted by molar-refractivity contribution is 7.08. The van der Waals surface area contributed by atoms with E-state index in [1.807, 2.05) is 53.0 Å². The molecule has 0 atom stereocenters. The Morgan fingerprint density at radius 2 is 2.06 bits per heavy atom. The van der Waals surface area contributed by atoms with Crippen LogP contribution in [0.25, 0.3) is 0 Å². The van der Waals surface area contributed by atoms with Gasteiger partial charge in [-0.2, -0.15) is 11.3 Å². The molecule has 0 aliphatic carbocycles. The second-order valence-electron chi connectivity index (χ2n) is 7.94. The maximum absolute atomic E-state index is 13.1. The summed E-state index contributed by atoms with van der Waals surface area (Å²) in [6.07, 6.45) is 2.81. The van der Waals surface area contributed by atoms with Crippen molar-refractivity contribution in [2.45, 2.75) is 32.9 Å². The van der Waals surface area contributed by atoms with E-state index in [9.17, 15) is 9.59 Å². The van der Waals surface area contributed by atoms with Crippen molar-refractivity contribution in [1.29, 1.82) is 0 Å². The van der Waals surface area contributed by atoms with Gasteiger partial charge in [0.05, 0.1) is 20.6 Å². The molecule has 0 spiro atoms. The highest BCUT2D eigenvalue weighted by Gasteiger charge is 2.25. The monoisotopic (exact) mass is 465 g/mol. The van der Waals surface area contributed by atoms with Crippen LogP contribution >= 0.6 is 11.3 Å². The molecule has 2 aromatic heterocycles. The molecule has 1 aromatic carbocycles. The Hall–Kier alpha value is -3.39. The van der Waals surface area contributed by atoms with E-state index in [4.69, 9.17) is 9.47 Å². The molecule has 0 fully saturated rings. The summed E-state index contributed by atoms with van der Waals surface area (Å²) in [5.41, 5.74) is 5.61. The van der Waals surface area contributed by atoms with Crippen LogP contribution in [0.4, 0.5) is 0 Å². The van der Waals surface area contributed by atoms with Gasteiger partial charge in [0.25, 0.3) is 5.91 Å². The van der Waals surface area contributed by atoms with Crippen molar-refractivity contribution in [1.82, 2.24) is 15.2 Å². The largest absolute Gasteiger partial charge is 0.497 e. The Balaban J connectivity index is 1.47. The molecular formula is C25H27N3O4S. The van der Waals surface area contributed by atoms with Crippen LogP contribution in [-0.4, -0.2) is 42.5 Å². The lowest BCUT2D eigenvalue weighted by Gasteiger charge is -2.31. The summed E-state index contributed by atoms with van der Waals surface area (Å²) in [6, 6.07) is 7.28. The van der Waals surface area contributed by atoms with E-state index in [-0.39, 0.29) is 18.2 Å². The van der Waals surface area contributed by atoms with Gasteiger partial charge in [-0.1, -0.05) is 0 Å². The van der Waals surface area contributed by atoms with Crippen LogP contribution < -0.4 is 14.8 Å². The van der Waals surface area contributed by atoms with Gasteiger partial charge in [-0.15, -0.1) is 0 Å². The average Bonchev–Trinajstić information content (AvgIpc) is 3.38. The minimum atomic E-state index is -0.0897. The average molecular weight is 466 g/mol. The summed E-state index contributed by atoms with van der Waals surface area (Å²) in [7, 11) is 3.20. The third kappa shape index (κ3) is 5.01. The van der Waals surface area contributed by atoms with Gasteiger partial charge in [0.2, 0.25) is 5.91 Å². The van der Waals surface area contributed by atoms with E-state index in [2.05, 4.69) is 10.3 Å². The van der Waals surface area contributed by atoms with Crippen LogP contribution in [0, 0.1) is 6.92 Å². The van der Waals surface area contributed by atoms with E-state index in [0.717, 1.165) is 28.8 Å². The number of carbonyl (C=O) groups excluding carboxylic acids is 2. The van der Waals surface area contributed by atoms with Gasteiger partial charge in [0, 0.05) is 48.0 Å². The number of aryl methyl sites for hydroxylation is 1. The Bertz CT molecular complexity index is 1160. The molecule has 0 saturated carbocycles. The molecule has 4 rings (SSSR count). The van der Waals surface area contributed by atoms with Gasteiger partial charge >= 0.3 is 0 Å². The van der Waals surface area contributed by atoms with Crippen LogP contribution in [0.2, 0.25) is 0 Å². The van der Waals surface area contributed by atoms with Crippen molar-refractivity contribution in [3.8, 4) is 11.5 Å². The van der Waals surface area contributed by atoms with E-state index in [0.29, 0.717) is 36.7 Å². The van der Waals surface area contributed by atoms with Gasteiger partial charge in [-0.25, -0.2) is 0 Å². The lowest BCUT2D eigenvalue weighted by molar-refractivity contribution is -0.131. The predicted molar refractivity (Wildman–Crippen MR) is 127 cm³/mol. The molecule has 2 amide bonds. The molecule has 7 nitrogen and oxygen atoms in total. The smallest absolute Gasteiger partial charge is 0.252 e.